The number of carbonyl (C=O) groups is 1. The lowest BCUT2D eigenvalue weighted by Gasteiger charge is -2.16. The summed E-state index contributed by atoms with van der Waals surface area (Å²) in [6.07, 6.45) is 0.754. The second-order valence-electron chi connectivity index (χ2n) is 7.60. The summed E-state index contributed by atoms with van der Waals surface area (Å²) in [7, 11) is 1.50. The van der Waals surface area contributed by atoms with Crippen LogP contribution >= 0.6 is 0 Å². The van der Waals surface area contributed by atoms with Crippen LogP contribution in [0.5, 0.6) is 11.5 Å². The zero-order valence-corrected chi connectivity index (χ0v) is 19.7. The summed E-state index contributed by atoms with van der Waals surface area (Å²) in [6.45, 7) is 3.61. The topological polar surface area (TPSA) is 92.0 Å². The largest absolute Gasteiger partial charge is 0.493 e. The Kier molecular flexibility index (Phi) is 7.21. The number of ether oxygens (including phenoxy) is 3. The van der Waals surface area contributed by atoms with E-state index in [0.29, 0.717) is 33.8 Å². The molecule has 1 heterocycles. The Bertz CT molecular complexity index is 1430. The van der Waals surface area contributed by atoms with E-state index in [9.17, 15) is 9.59 Å². The highest BCUT2D eigenvalue weighted by Gasteiger charge is 2.18. The monoisotopic (exact) mass is 471 g/mol. The predicted octanol–water partition coefficient (Wildman–Crippen LogP) is 4.28. The molecule has 0 saturated carbocycles. The first-order chi connectivity index (χ1) is 17.0. The molecular formula is C27H25N3O5. The zero-order valence-electron chi connectivity index (χ0n) is 19.7. The third kappa shape index (κ3) is 5.22. The van der Waals surface area contributed by atoms with E-state index < -0.39 is 12.1 Å². The van der Waals surface area contributed by atoms with Crippen LogP contribution in [0.25, 0.3) is 22.3 Å². The van der Waals surface area contributed by atoms with Gasteiger partial charge >= 0.3 is 5.97 Å². The number of aromatic nitrogens is 2. The van der Waals surface area contributed by atoms with Gasteiger partial charge in [0.25, 0.3) is 5.56 Å². The van der Waals surface area contributed by atoms with E-state index in [4.69, 9.17) is 19.2 Å². The minimum Gasteiger partial charge on any atom is -0.493 e. The number of methoxy groups -OCH3 is 1. The molecule has 0 unspecified atom stereocenters. The van der Waals surface area contributed by atoms with Gasteiger partial charge in [-0.2, -0.15) is 9.78 Å². The van der Waals surface area contributed by atoms with Gasteiger partial charge in [-0.05, 0) is 49.7 Å². The fourth-order valence-corrected chi connectivity index (χ4v) is 3.49. The quantitative estimate of drug-likeness (QED) is 0.281. The molecule has 3 aromatic carbocycles. The maximum absolute atomic E-state index is 13.3. The fraction of sp³-hybridized carbons (Fsp3) is 0.185. The van der Waals surface area contributed by atoms with Gasteiger partial charge in [-0.25, -0.2) is 9.78 Å². The third-order valence-electron chi connectivity index (χ3n) is 5.22. The number of nitrogens with zero attached hydrogens (tertiary/aromatic N) is 3. The lowest BCUT2D eigenvalue weighted by molar-refractivity contribution is -0.150. The first kappa shape index (κ1) is 23.7. The van der Waals surface area contributed by atoms with Crippen LogP contribution in [0.4, 0.5) is 0 Å². The van der Waals surface area contributed by atoms with Crippen molar-refractivity contribution in [2.75, 3.05) is 13.7 Å². The molecule has 0 aliphatic rings. The number of fused-ring (bicyclic) bond motifs is 1. The molecule has 0 aliphatic carbocycles. The summed E-state index contributed by atoms with van der Waals surface area (Å²) in [5.41, 5.74) is 1.75. The van der Waals surface area contributed by atoms with Crippen molar-refractivity contribution in [2.24, 2.45) is 5.10 Å². The minimum atomic E-state index is -0.793. The summed E-state index contributed by atoms with van der Waals surface area (Å²) < 4.78 is 17.4. The Morgan fingerprint density at radius 3 is 2.54 bits per heavy atom. The zero-order chi connectivity index (χ0) is 24.8. The van der Waals surface area contributed by atoms with Gasteiger partial charge in [0.1, 0.15) is 0 Å². The third-order valence-corrected chi connectivity index (χ3v) is 5.22. The van der Waals surface area contributed by atoms with Crippen molar-refractivity contribution in [2.45, 2.75) is 20.0 Å². The van der Waals surface area contributed by atoms with Gasteiger partial charge in [0.05, 0.1) is 30.8 Å². The molecule has 0 fully saturated rings. The van der Waals surface area contributed by atoms with E-state index in [1.165, 1.54) is 11.8 Å². The van der Waals surface area contributed by atoms with E-state index in [2.05, 4.69) is 5.10 Å². The van der Waals surface area contributed by atoms with Crippen molar-refractivity contribution in [3.05, 3.63) is 88.7 Å². The summed E-state index contributed by atoms with van der Waals surface area (Å²) in [6, 6.07) is 21.7. The minimum absolute atomic E-state index is 0.271. The Labute approximate surface area is 202 Å². The molecule has 0 saturated heterocycles. The molecule has 1 atom stereocenters. The van der Waals surface area contributed by atoms with Crippen LogP contribution < -0.4 is 15.0 Å². The predicted molar refractivity (Wildman–Crippen MR) is 134 cm³/mol. The molecule has 4 aromatic rings. The molecule has 0 N–H and O–H groups in total. The first-order valence-electron chi connectivity index (χ1n) is 11.1. The molecule has 35 heavy (non-hydrogen) atoms. The van der Waals surface area contributed by atoms with Gasteiger partial charge in [-0.1, -0.05) is 42.5 Å². The number of esters is 1. The maximum Gasteiger partial charge on any atom is 0.347 e. The Hall–Kier alpha value is -4.46. The van der Waals surface area contributed by atoms with Crippen LogP contribution in [0, 0.1) is 0 Å². The van der Waals surface area contributed by atoms with Crippen molar-refractivity contribution in [3.8, 4) is 22.9 Å². The van der Waals surface area contributed by atoms with Crippen LogP contribution in [-0.4, -0.2) is 41.7 Å². The van der Waals surface area contributed by atoms with Gasteiger partial charge in [-0.3, -0.25) is 4.79 Å². The van der Waals surface area contributed by atoms with E-state index in [-0.39, 0.29) is 12.2 Å². The van der Waals surface area contributed by atoms with E-state index in [0.717, 1.165) is 5.56 Å². The van der Waals surface area contributed by atoms with E-state index in [1.54, 1.807) is 56.5 Å². The fourth-order valence-electron chi connectivity index (χ4n) is 3.49. The van der Waals surface area contributed by atoms with Gasteiger partial charge in [0.2, 0.25) is 0 Å². The van der Waals surface area contributed by atoms with Crippen molar-refractivity contribution in [3.63, 3.8) is 0 Å². The van der Waals surface area contributed by atoms with Crippen LogP contribution in [-0.2, 0) is 9.53 Å². The lowest BCUT2D eigenvalue weighted by Crippen LogP contribution is -2.26. The van der Waals surface area contributed by atoms with E-state index in [1.807, 2.05) is 36.4 Å². The number of hydrogen-bond acceptors (Lipinski definition) is 7. The second-order valence-corrected chi connectivity index (χ2v) is 7.60. The van der Waals surface area contributed by atoms with Gasteiger partial charge < -0.3 is 14.2 Å². The van der Waals surface area contributed by atoms with Crippen molar-refractivity contribution >= 4 is 23.1 Å². The molecule has 0 radical (unpaired) electrons. The average Bonchev–Trinajstić information content (AvgIpc) is 2.89. The highest BCUT2D eigenvalue weighted by molar-refractivity contribution is 5.83. The maximum atomic E-state index is 13.3. The summed E-state index contributed by atoms with van der Waals surface area (Å²) in [4.78, 5) is 29.9. The van der Waals surface area contributed by atoms with Gasteiger partial charge in [-0.15, -0.1) is 0 Å². The van der Waals surface area contributed by atoms with Crippen LogP contribution in [0.3, 0.4) is 0 Å². The molecule has 8 nitrogen and oxygen atoms in total. The van der Waals surface area contributed by atoms with Crippen molar-refractivity contribution in [1.82, 2.24) is 9.66 Å². The average molecular weight is 472 g/mol. The molecule has 1 aromatic heterocycles. The smallest absolute Gasteiger partial charge is 0.347 e. The SMILES string of the molecule is CCOC(=O)[C@@H](C)Oc1ccc(C=Nn2c(-c3ccccc3)nc3ccccc3c2=O)cc1OC. The number of hydrogen-bond donors (Lipinski definition) is 0. The van der Waals surface area contributed by atoms with Crippen LogP contribution in [0.15, 0.2) is 82.7 Å². The number of carbonyl (C=O) groups excluding carboxylic acids is 1. The Morgan fingerprint density at radius 2 is 1.80 bits per heavy atom. The summed E-state index contributed by atoms with van der Waals surface area (Å²) >= 11 is 0. The highest BCUT2D eigenvalue weighted by atomic mass is 16.6. The Balaban J connectivity index is 1.71. The standard InChI is InChI=1S/C27H25N3O5/c1-4-34-27(32)18(2)35-23-15-14-19(16-24(23)33-3)17-28-30-25(20-10-6-5-7-11-20)29-22-13-9-8-12-21(22)26(30)31/h5-18H,4H2,1-3H3/t18-/m1/s1. The van der Waals surface area contributed by atoms with Gasteiger partial charge in [0, 0.05) is 5.56 Å². The van der Waals surface area contributed by atoms with Crippen LogP contribution in [0.2, 0.25) is 0 Å². The second kappa shape index (κ2) is 10.6. The van der Waals surface area contributed by atoms with Crippen molar-refractivity contribution in [1.29, 1.82) is 0 Å². The number of rotatable bonds is 8. The first-order valence-corrected chi connectivity index (χ1v) is 11.1. The lowest BCUT2D eigenvalue weighted by atomic mass is 10.2. The molecule has 4 rings (SSSR count). The highest BCUT2D eigenvalue weighted by Crippen LogP contribution is 2.29. The molecule has 8 heteroatoms. The normalized spacial score (nSPS) is 12.0. The molecule has 178 valence electrons. The molecular weight excluding hydrogens is 446 g/mol. The van der Waals surface area contributed by atoms with Gasteiger partial charge in [0.15, 0.2) is 23.4 Å². The Morgan fingerprint density at radius 1 is 1.06 bits per heavy atom. The summed E-state index contributed by atoms with van der Waals surface area (Å²) in [5.74, 6) is 0.773. The number of para-hydroxylation sites is 1. The summed E-state index contributed by atoms with van der Waals surface area (Å²) in [5, 5.41) is 4.94. The van der Waals surface area contributed by atoms with Crippen molar-refractivity contribution < 1.29 is 19.0 Å². The molecule has 0 bridgehead atoms. The van der Waals surface area contributed by atoms with E-state index >= 15 is 0 Å². The van der Waals surface area contributed by atoms with Crippen LogP contribution in [0.1, 0.15) is 19.4 Å². The molecule has 0 aliphatic heterocycles. The number of benzene rings is 3. The molecule has 0 spiro atoms. The molecule has 0 amide bonds.